The van der Waals surface area contributed by atoms with Crippen molar-refractivity contribution >= 4 is 34.5 Å². The minimum atomic E-state index is -0.839. The molecule has 0 spiro atoms. The highest BCUT2D eigenvalue weighted by molar-refractivity contribution is 6.31. The number of fused-ring (bicyclic) bond motifs is 1. The first-order chi connectivity index (χ1) is 16.6. The summed E-state index contributed by atoms with van der Waals surface area (Å²) in [4.78, 5) is 27.0. The quantitative estimate of drug-likeness (QED) is 0.373. The van der Waals surface area contributed by atoms with Gasteiger partial charge < -0.3 is 20.3 Å². The van der Waals surface area contributed by atoms with E-state index in [2.05, 4.69) is 55.5 Å². The Morgan fingerprint density at radius 2 is 1.82 bits per heavy atom. The molecule has 0 atom stereocenters. The Bertz CT molecular complexity index is 1300. The number of carboxylic acid groups (broad SMARTS) is 1. The molecule has 8 nitrogen and oxygen atoms in total. The van der Waals surface area contributed by atoms with E-state index in [1.54, 1.807) is 6.33 Å². The van der Waals surface area contributed by atoms with Gasteiger partial charge in [0.25, 0.3) is 0 Å². The van der Waals surface area contributed by atoms with Gasteiger partial charge in [0.1, 0.15) is 17.8 Å². The summed E-state index contributed by atoms with van der Waals surface area (Å²) in [6, 6.07) is 18.2. The zero-order valence-electron chi connectivity index (χ0n) is 18.5. The number of nitrogens with one attached hydrogen (secondary N) is 2. The van der Waals surface area contributed by atoms with Gasteiger partial charge in [0.2, 0.25) is 0 Å². The van der Waals surface area contributed by atoms with Crippen LogP contribution in [0.25, 0.3) is 22.3 Å². The Labute approximate surface area is 202 Å². The van der Waals surface area contributed by atoms with Crippen LogP contribution in [0.3, 0.4) is 0 Å². The van der Waals surface area contributed by atoms with Crippen LogP contribution in [0, 0.1) is 0 Å². The van der Waals surface area contributed by atoms with Crippen molar-refractivity contribution in [2.75, 3.05) is 31.5 Å². The summed E-state index contributed by atoms with van der Waals surface area (Å²) in [7, 11) is 0. The van der Waals surface area contributed by atoms with Crippen molar-refractivity contribution in [1.82, 2.24) is 24.8 Å². The summed E-state index contributed by atoms with van der Waals surface area (Å²) in [6.07, 6.45) is 0.708. The van der Waals surface area contributed by atoms with Crippen LogP contribution in [-0.2, 0) is 13.1 Å². The summed E-state index contributed by atoms with van der Waals surface area (Å²) in [6.45, 7) is 3.98. The molecular weight excluding hydrogens is 452 g/mol. The summed E-state index contributed by atoms with van der Waals surface area (Å²) >= 11 is 6.28. The summed E-state index contributed by atoms with van der Waals surface area (Å²) in [5.41, 5.74) is 5.01. The normalized spacial score (nSPS) is 14.4. The van der Waals surface area contributed by atoms with Gasteiger partial charge in [-0.25, -0.2) is 14.8 Å². The molecule has 0 saturated carbocycles. The average molecular weight is 477 g/mol. The number of aromatic amines is 1. The minimum Gasteiger partial charge on any atom is -0.465 e. The van der Waals surface area contributed by atoms with Crippen LogP contribution in [-0.4, -0.2) is 62.1 Å². The van der Waals surface area contributed by atoms with Crippen LogP contribution >= 0.6 is 11.6 Å². The molecule has 4 aromatic rings. The Balaban J connectivity index is 1.27. The Morgan fingerprint density at radius 3 is 2.56 bits per heavy atom. The third-order valence-electron chi connectivity index (χ3n) is 6.14. The third kappa shape index (κ3) is 4.83. The number of piperazine rings is 1. The average Bonchev–Trinajstić information content (AvgIpc) is 3.29. The molecule has 0 bridgehead atoms. The first-order valence-corrected chi connectivity index (χ1v) is 11.5. The van der Waals surface area contributed by atoms with E-state index < -0.39 is 6.09 Å². The maximum atomic E-state index is 11.1. The van der Waals surface area contributed by atoms with Gasteiger partial charge in [-0.05, 0) is 28.8 Å². The second-order valence-corrected chi connectivity index (χ2v) is 8.76. The third-order valence-corrected chi connectivity index (χ3v) is 6.51. The largest absolute Gasteiger partial charge is 0.465 e. The monoisotopic (exact) mass is 476 g/mol. The molecule has 5 rings (SSSR count). The fourth-order valence-corrected chi connectivity index (χ4v) is 4.40. The molecule has 174 valence electrons. The highest BCUT2D eigenvalue weighted by Gasteiger charge is 2.20. The molecule has 1 saturated heterocycles. The number of H-pyrrole nitrogens is 1. The molecule has 3 heterocycles. The fraction of sp³-hybridized carbons (Fsp3) is 0.240. The van der Waals surface area contributed by atoms with Crippen LogP contribution < -0.4 is 5.32 Å². The SMILES string of the molecule is O=C(O)N1CCN(Cc2ccc(-c3cc4c(NCc5ccccc5Cl)ncnc4[nH]3)cc2)CC1. The molecule has 1 aliphatic rings. The number of hydrogen-bond acceptors (Lipinski definition) is 5. The standard InChI is InChI=1S/C25H25ClN6O2/c26-21-4-2-1-3-19(21)14-27-23-20-13-22(30-24(20)29-16-28-23)18-7-5-17(6-8-18)15-31-9-11-32(12-10-31)25(33)34/h1-8,13,16H,9-12,14-15H2,(H,33,34)(H2,27,28,29,30). The molecule has 3 N–H and O–H groups in total. The molecular formula is C25H25ClN6O2. The molecule has 2 aromatic heterocycles. The second kappa shape index (κ2) is 9.70. The van der Waals surface area contributed by atoms with Gasteiger partial charge >= 0.3 is 6.09 Å². The van der Waals surface area contributed by atoms with Crippen LogP contribution in [0.4, 0.5) is 10.6 Å². The topological polar surface area (TPSA) is 97.4 Å². The molecule has 9 heteroatoms. The number of carbonyl (C=O) groups is 1. The number of nitrogens with zero attached hydrogens (tertiary/aromatic N) is 4. The highest BCUT2D eigenvalue weighted by atomic mass is 35.5. The summed E-state index contributed by atoms with van der Waals surface area (Å²) in [5, 5.41) is 14.1. The van der Waals surface area contributed by atoms with E-state index in [4.69, 9.17) is 16.7 Å². The number of rotatable bonds is 6. The van der Waals surface area contributed by atoms with Crippen LogP contribution in [0.1, 0.15) is 11.1 Å². The Morgan fingerprint density at radius 1 is 1.06 bits per heavy atom. The van der Waals surface area contributed by atoms with E-state index >= 15 is 0 Å². The van der Waals surface area contributed by atoms with E-state index in [-0.39, 0.29) is 0 Å². The van der Waals surface area contributed by atoms with Crippen molar-refractivity contribution in [2.45, 2.75) is 13.1 Å². The van der Waals surface area contributed by atoms with E-state index in [1.807, 2.05) is 24.3 Å². The van der Waals surface area contributed by atoms with Gasteiger partial charge in [-0.3, -0.25) is 4.90 Å². The highest BCUT2D eigenvalue weighted by Crippen LogP contribution is 2.28. The number of anilines is 1. The predicted molar refractivity (Wildman–Crippen MR) is 133 cm³/mol. The van der Waals surface area contributed by atoms with Crippen molar-refractivity contribution in [3.05, 3.63) is 77.1 Å². The molecule has 0 unspecified atom stereocenters. The van der Waals surface area contributed by atoms with Gasteiger partial charge in [-0.1, -0.05) is 54.1 Å². The molecule has 0 aliphatic carbocycles. The maximum absolute atomic E-state index is 11.1. The van der Waals surface area contributed by atoms with Crippen molar-refractivity contribution in [2.24, 2.45) is 0 Å². The Kier molecular flexibility index (Phi) is 6.33. The lowest BCUT2D eigenvalue weighted by Crippen LogP contribution is -2.47. The van der Waals surface area contributed by atoms with E-state index in [1.165, 1.54) is 10.5 Å². The van der Waals surface area contributed by atoms with E-state index in [0.29, 0.717) is 19.6 Å². The first-order valence-electron chi connectivity index (χ1n) is 11.2. The lowest BCUT2D eigenvalue weighted by Gasteiger charge is -2.33. The van der Waals surface area contributed by atoms with E-state index in [0.717, 1.165) is 58.3 Å². The number of halogens is 1. The summed E-state index contributed by atoms with van der Waals surface area (Å²) in [5.74, 6) is 0.754. The lowest BCUT2D eigenvalue weighted by atomic mass is 10.1. The molecule has 1 fully saturated rings. The van der Waals surface area contributed by atoms with Gasteiger partial charge in [-0.2, -0.15) is 0 Å². The fourth-order valence-electron chi connectivity index (χ4n) is 4.20. The second-order valence-electron chi connectivity index (χ2n) is 8.36. The lowest BCUT2D eigenvalue weighted by molar-refractivity contribution is 0.103. The van der Waals surface area contributed by atoms with Crippen molar-refractivity contribution in [1.29, 1.82) is 0 Å². The minimum absolute atomic E-state index is 0.552. The van der Waals surface area contributed by atoms with Crippen molar-refractivity contribution < 1.29 is 9.90 Å². The van der Waals surface area contributed by atoms with Crippen molar-refractivity contribution in [3.63, 3.8) is 0 Å². The maximum Gasteiger partial charge on any atom is 0.407 e. The first kappa shape index (κ1) is 22.2. The summed E-state index contributed by atoms with van der Waals surface area (Å²) < 4.78 is 0. The van der Waals surface area contributed by atoms with Crippen LogP contribution in [0.5, 0.6) is 0 Å². The zero-order chi connectivity index (χ0) is 23.5. The van der Waals surface area contributed by atoms with Gasteiger partial charge in [0.15, 0.2) is 0 Å². The Hall–Kier alpha value is -3.62. The van der Waals surface area contributed by atoms with E-state index in [9.17, 15) is 4.79 Å². The van der Waals surface area contributed by atoms with Crippen molar-refractivity contribution in [3.8, 4) is 11.3 Å². The molecule has 1 amide bonds. The van der Waals surface area contributed by atoms with Crippen LogP contribution in [0.15, 0.2) is 60.9 Å². The smallest absolute Gasteiger partial charge is 0.407 e. The molecule has 2 aromatic carbocycles. The number of benzene rings is 2. The van der Waals surface area contributed by atoms with Crippen LogP contribution in [0.2, 0.25) is 5.02 Å². The number of aromatic nitrogens is 3. The number of hydrogen-bond donors (Lipinski definition) is 3. The molecule has 34 heavy (non-hydrogen) atoms. The number of amides is 1. The van der Waals surface area contributed by atoms with Gasteiger partial charge in [0, 0.05) is 50.0 Å². The predicted octanol–water partition coefficient (Wildman–Crippen LogP) is 4.69. The zero-order valence-corrected chi connectivity index (χ0v) is 19.3. The molecule has 1 aliphatic heterocycles. The molecule has 0 radical (unpaired) electrons. The van der Waals surface area contributed by atoms with Gasteiger partial charge in [0.05, 0.1) is 5.39 Å². The van der Waals surface area contributed by atoms with Gasteiger partial charge in [-0.15, -0.1) is 0 Å².